The van der Waals surface area contributed by atoms with Crippen LogP contribution in [-0.2, 0) is 10.2 Å². The van der Waals surface area contributed by atoms with Gasteiger partial charge in [0, 0.05) is 0 Å². The van der Waals surface area contributed by atoms with Crippen LogP contribution in [0.5, 0.6) is 11.8 Å². The molecule has 0 unspecified atom stereocenters. The van der Waals surface area contributed by atoms with Gasteiger partial charge in [-0.15, -0.1) is 0 Å². The molecule has 0 saturated heterocycles. The highest BCUT2D eigenvalue weighted by Crippen LogP contribution is 2.26. The summed E-state index contributed by atoms with van der Waals surface area (Å²) in [6, 6.07) is 7.67. The minimum Gasteiger partial charge on any atom is -0.461 e. The Balaban J connectivity index is 2.07. The molecule has 2 rings (SSSR count). The Kier molecular flexibility index (Phi) is 4.31. The van der Waals surface area contributed by atoms with Gasteiger partial charge in [0.25, 0.3) is 0 Å². The molecule has 5 nitrogen and oxygen atoms in total. The van der Waals surface area contributed by atoms with E-state index in [1.807, 2.05) is 24.3 Å². The molecule has 0 amide bonds. The summed E-state index contributed by atoms with van der Waals surface area (Å²) in [6.07, 6.45) is 1.23. The van der Waals surface area contributed by atoms with E-state index >= 15 is 0 Å². The van der Waals surface area contributed by atoms with E-state index in [1.165, 1.54) is 11.8 Å². The molecule has 0 saturated carbocycles. The zero-order valence-electron chi connectivity index (χ0n) is 12.7. The van der Waals surface area contributed by atoms with Crippen molar-refractivity contribution in [2.24, 2.45) is 0 Å². The lowest BCUT2D eigenvalue weighted by Gasteiger charge is -2.18. The van der Waals surface area contributed by atoms with Crippen LogP contribution in [0.25, 0.3) is 0 Å². The molecule has 21 heavy (non-hydrogen) atoms. The average molecular weight is 289 g/mol. The third-order valence-corrected chi connectivity index (χ3v) is 2.89. The maximum atomic E-state index is 11.5. The number of rotatable bonds is 4. The maximum absolute atomic E-state index is 11.5. The number of hydrogen-bond acceptors (Lipinski definition) is 5. The van der Waals surface area contributed by atoms with Gasteiger partial charge < -0.3 is 13.9 Å². The van der Waals surface area contributed by atoms with Crippen molar-refractivity contribution in [3.8, 4) is 11.8 Å². The number of carbonyl (C=O) groups excluding carboxylic acids is 1. The Morgan fingerprint density at radius 2 is 1.90 bits per heavy atom. The van der Waals surface area contributed by atoms with Crippen LogP contribution in [0.1, 0.15) is 43.7 Å². The summed E-state index contributed by atoms with van der Waals surface area (Å²) >= 11 is 0. The standard InChI is InChI=1S/C16H19NO4/c1-5-19-14(18)13-10-20-15(17-13)21-12-8-6-11(7-9-12)16(2,3)4/h6-10H,5H2,1-4H3. The Bertz CT molecular complexity index is 608. The highest BCUT2D eigenvalue weighted by Gasteiger charge is 2.16. The largest absolute Gasteiger partial charge is 0.461 e. The van der Waals surface area contributed by atoms with Crippen molar-refractivity contribution in [1.29, 1.82) is 0 Å². The first kappa shape index (κ1) is 15.1. The van der Waals surface area contributed by atoms with Gasteiger partial charge in [0.15, 0.2) is 5.69 Å². The van der Waals surface area contributed by atoms with Crippen LogP contribution >= 0.6 is 0 Å². The SMILES string of the molecule is CCOC(=O)c1coc(Oc2ccc(C(C)(C)C)cc2)n1. The molecule has 0 N–H and O–H groups in total. The van der Waals surface area contributed by atoms with Gasteiger partial charge in [-0.25, -0.2) is 4.79 Å². The fourth-order valence-corrected chi connectivity index (χ4v) is 1.73. The Labute approximate surface area is 123 Å². The smallest absolute Gasteiger partial charge is 0.399 e. The molecular formula is C16H19NO4. The molecule has 0 radical (unpaired) electrons. The lowest BCUT2D eigenvalue weighted by atomic mass is 9.87. The van der Waals surface area contributed by atoms with E-state index in [0.717, 1.165) is 0 Å². The lowest BCUT2D eigenvalue weighted by molar-refractivity contribution is 0.0519. The zero-order chi connectivity index (χ0) is 15.5. The van der Waals surface area contributed by atoms with E-state index in [9.17, 15) is 4.79 Å². The van der Waals surface area contributed by atoms with Crippen molar-refractivity contribution in [3.05, 3.63) is 41.8 Å². The first-order chi connectivity index (χ1) is 9.90. The third kappa shape index (κ3) is 3.84. The molecule has 0 spiro atoms. The summed E-state index contributed by atoms with van der Waals surface area (Å²) in [5.74, 6) is 0.0689. The molecule has 2 aromatic rings. The number of esters is 1. The molecule has 5 heteroatoms. The van der Waals surface area contributed by atoms with Crippen LogP contribution in [-0.4, -0.2) is 17.6 Å². The molecule has 0 aliphatic carbocycles. The first-order valence-electron chi connectivity index (χ1n) is 6.81. The summed E-state index contributed by atoms with van der Waals surface area (Å²) in [7, 11) is 0. The quantitative estimate of drug-likeness (QED) is 0.798. The van der Waals surface area contributed by atoms with Crippen molar-refractivity contribution < 1.29 is 18.7 Å². The van der Waals surface area contributed by atoms with Crippen molar-refractivity contribution in [2.45, 2.75) is 33.1 Å². The molecule has 112 valence electrons. The predicted octanol–water partition coefficient (Wildman–Crippen LogP) is 3.94. The normalized spacial score (nSPS) is 11.2. The molecule has 0 aliphatic heterocycles. The maximum Gasteiger partial charge on any atom is 0.399 e. The van der Waals surface area contributed by atoms with Crippen LogP contribution in [0, 0.1) is 0 Å². The van der Waals surface area contributed by atoms with Gasteiger partial charge >= 0.3 is 12.0 Å². The number of ether oxygens (including phenoxy) is 2. The highest BCUT2D eigenvalue weighted by molar-refractivity contribution is 5.86. The van der Waals surface area contributed by atoms with E-state index in [-0.39, 0.29) is 23.8 Å². The number of carbonyl (C=O) groups is 1. The lowest BCUT2D eigenvalue weighted by Crippen LogP contribution is -2.10. The van der Waals surface area contributed by atoms with Gasteiger partial charge in [0.1, 0.15) is 12.0 Å². The molecule has 1 aromatic carbocycles. The number of aromatic nitrogens is 1. The van der Waals surface area contributed by atoms with Crippen molar-refractivity contribution in [3.63, 3.8) is 0 Å². The second-order valence-corrected chi connectivity index (χ2v) is 5.60. The summed E-state index contributed by atoms with van der Waals surface area (Å²) < 4.78 is 15.4. The third-order valence-electron chi connectivity index (χ3n) is 2.89. The summed E-state index contributed by atoms with van der Waals surface area (Å²) in [6.45, 7) is 8.44. The minimum atomic E-state index is -0.529. The summed E-state index contributed by atoms with van der Waals surface area (Å²) in [5.41, 5.74) is 1.38. The number of nitrogens with zero attached hydrogens (tertiary/aromatic N) is 1. The van der Waals surface area contributed by atoms with Crippen molar-refractivity contribution >= 4 is 5.97 Å². The predicted molar refractivity (Wildman–Crippen MR) is 77.7 cm³/mol. The van der Waals surface area contributed by atoms with Crippen molar-refractivity contribution in [1.82, 2.24) is 4.98 Å². The van der Waals surface area contributed by atoms with E-state index in [2.05, 4.69) is 25.8 Å². The van der Waals surface area contributed by atoms with E-state index in [1.54, 1.807) is 6.92 Å². The van der Waals surface area contributed by atoms with Gasteiger partial charge in [-0.2, -0.15) is 4.98 Å². The van der Waals surface area contributed by atoms with Crippen LogP contribution < -0.4 is 4.74 Å². The van der Waals surface area contributed by atoms with Crippen LogP contribution in [0.2, 0.25) is 0 Å². The molecule has 0 atom stereocenters. The van der Waals surface area contributed by atoms with E-state index < -0.39 is 5.97 Å². The number of hydrogen-bond donors (Lipinski definition) is 0. The average Bonchev–Trinajstić information content (AvgIpc) is 2.87. The van der Waals surface area contributed by atoms with Crippen LogP contribution in [0.15, 0.2) is 34.9 Å². The molecule has 0 aliphatic rings. The second kappa shape index (κ2) is 5.99. The van der Waals surface area contributed by atoms with E-state index in [0.29, 0.717) is 5.75 Å². The fraction of sp³-hybridized carbons (Fsp3) is 0.375. The monoisotopic (exact) mass is 289 g/mol. The molecule has 1 heterocycles. The Morgan fingerprint density at radius 1 is 1.24 bits per heavy atom. The minimum absolute atomic E-state index is 0.0153. The Morgan fingerprint density at radius 3 is 2.48 bits per heavy atom. The second-order valence-electron chi connectivity index (χ2n) is 5.60. The first-order valence-corrected chi connectivity index (χ1v) is 6.81. The molecule has 0 bridgehead atoms. The molecule has 1 aromatic heterocycles. The van der Waals surface area contributed by atoms with Crippen LogP contribution in [0.3, 0.4) is 0 Å². The fourth-order valence-electron chi connectivity index (χ4n) is 1.73. The van der Waals surface area contributed by atoms with Gasteiger partial charge in [0.2, 0.25) is 0 Å². The van der Waals surface area contributed by atoms with Crippen LogP contribution in [0.4, 0.5) is 0 Å². The summed E-state index contributed by atoms with van der Waals surface area (Å²) in [5, 5.41) is 0. The zero-order valence-corrected chi connectivity index (χ0v) is 12.7. The topological polar surface area (TPSA) is 61.6 Å². The van der Waals surface area contributed by atoms with Gasteiger partial charge in [0.05, 0.1) is 6.61 Å². The van der Waals surface area contributed by atoms with E-state index in [4.69, 9.17) is 13.9 Å². The van der Waals surface area contributed by atoms with Crippen molar-refractivity contribution in [2.75, 3.05) is 6.61 Å². The number of benzene rings is 1. The molecule has 0 fully saturated rings. The highest BCUT2D eigenvalue weighted by atomic mass is 16.6. The number of oxazole rings is 1. The van der Waals surface area contributed by atoms with Gasteiger partial charge in [-0.3, -0.25) is 0 Å². The van der Waals surface area contributed by atoms with Gasteiger partial charge in [-0.1, -0.05) is 32.9 Å². The summed E-state index contributed by atoms with van der Waals surface area (Å²) in [4.78, 5) is 15.4. The molecular weight excluding hydrogens is 270 g/mol. The Hall–Kier alpha value is -2.30. The van der Waals surface area contributed by atoms with Gasteiger partial charge in [-0.05, 0) is 30.0 Å².